The molecule has 3 heteroatoms. The molecule has 0 aromatic heterocycles. The smallest absolute Gasteiger partial charge is 0.251 e. The third-order valence-electron chi connectivity index (χ3n) is 3.68. The summed E-state index contributed by atoms with van der Waals surface area (Å²) in [5.74, 6) is 1.57. The normalized spacial score (nSPS) is 11.4. The third kappa shape index (κ3) is 4.27. The van der Waals surface area contributed by atoms with Crippen molar-refractivity contribution in [3.63, 3.8) is 0 Å². The average molecular weight is 263 g/mol. The van der Waals surface area contributed by atoms with E-state index in [9.17, 15) is 9.90 Å². The van der Waals surface area contributed by atoms with Crippen LogP contribution in [0.5, 0.6) is 5.75 Å². The Kier molecular flexibility index (Phi) is 5.40. The van der Waals surface area contributed by atoms with Crippen LogP contribution in [0.1, 0.15) is 43.6 Å². The van der Waals surface area contributed by atoms with Crippen molar-refractivity contribution < 1.29 is 9.90 Å². The minimum Gasteiger partial charge on any atom is -0.508 e. The molecule has 0 heterocycles. The van der Waals surface area contributed by atoms with E-state index in [2.05, 4.69) is 33.0 Å². The SMILES string of the molecule is Cc1ccc(C(=O)NCC(C(C)C)C(C)C)cc1O. The Labute approximate surface area is 116 Å². The molecule has 1 aromatic rings. The zero-order valence-corrected chi connectivity index (χ0v) is 12.5. The number of aryl methyl sites for hydroxylation is 1. The van der Waals surface area contributed by atoms with Crippen LogP contribution in [0.25, 0.3) is 0 Å². The number of hydrogen-bond donors (Lipinski definition) is 2. The zero-order valence-electron chi connectivity index (χ0n) is 12.5. The summed E-state index contributed by atoms with van der Waals surface area (Å²) in [5, 5.41) is 12.6. The quantitative estimate of drug-likeness (QED) is 0.855. The fourth-order valence-corrected chi connectivity index (χ4v) is 2.30. The number of carbonyl (C=O) groups excluding carboxylic acids is 1. The summed E-state index contributed by atoms with van der Waals surface area (Å²) >= 11 is 0. The molecular weight excluding hydrogens is 238 g/mol. The van der Waals surface area contributed by atoms with E-state index in [-0.39, 0.29) is 11.7 Å². The van der Waals surface area contributed by atoms with Crippen molar-refractivity contribution in [3.8, 4) is 5.75 Å². The Morgan fingerprint density at radius 1 is 1.21 bits per heavy atom. The lowest BCUT2D eigenvalue weighted by Crippen LogP contribution is -2.33. The van der Waals surface area contributed by atoms with Crippen molar-refractivity contribution in [2.45, 2.75) is 34.6 Å². The van der Waals surface area contributed by atoms with Gasteiger partial charge in [-0.05, 0) is 42.4 Å². The van der Waals surface area contributed by atoms with Gasteiger partial charge in [-0.25, -0.2) is 0 Å². The Hall–Kier alpha value is -1.51. The van der Waals surface area contributed by atoms with Gasteiger partial charge in [0, 0.05) is 12.1 Å². The highest BCUT2D eigenvalue weighted by atomic mass is 16.3. The Bertz CT molecular complexity index is 430. The van der Waals surface area contributed by atoms with E-state index in [0.29, 0.717) is 29.9 Å². The number of aromatic hydroxyl groups is 1. The van der Waals surface area contributed by atoms with Gasteiger partial charge in [0.15, 0.2) is 0 Å². The van der Waals surface area contributed by atoms with Crippen LogP contribution in [0, 0.1) is 24.7 Å². The van der Waals surface area contributed by atoms with E-state index < -0.39 is 0 Å². The molecule has 0 saturated heterocycles. The predicted octanol–water partition coefficient (Wildman–Crippen LogP) is 3.36. The van der Waals surface area contributed by atoms with E-state index in [1.54, 1.807) is 12.1 Å². The molecule has 0 unspecified atom stereocenters. The van der Waals surface area contributed by atoms with Gasteiger partial charge in [0.2, 0.25) is 0 Å². The summed E-state index contributed by atoms with van der Waals surface area (Å²) in [4.78, 5) is 12.0. The van der Waals surface area contributed by atoms with Crippen molar-refractivity contribution >= 4 is 5.91 Å². The molecule has 1 amide bonds. The molecular formula is C16H25NO2. The first-order valence-electron chi connectivity index (χ1n) is 6.90. The molecule has 0 aliphatic rings. The maximum Gasteiger partial charge on any atom is 0.251 e. The van der Waals surface area contributed by atoms with Crippen LogP contribution in [0.15, 0.2) is 18.2 Å². The van der Waals surface area contributed by atoms with Crippen LogP contribution in [0.3, 0.4) is 0 Å². The lowest BCUT2D eigenvalue weighted by molar-refractivity contribution is 0.0937. The van der Waals surface area contributed by atoms with Crippen LogP contribution in [0.2, 0.25) is 0 Å². The van der Waals surface area contributed by atoms with Gasteiger partial charge < -0.3 is 10.4 Å². The first-order valence-corrected chi connectivity index (χ1v) is 6.90. The highest BCUT2D eigenvalue weighted by Gasteiger charge is 2.18. The summed E-state index contributed by atoms with van der Waals surface area (Å²) in [6.45, 7) is 11.2. The Balaban J connectivity index is 2.66. The first kappa shape index (κ1) is 15.5. The van der Waals surface area contributed by atoms with Gasteiger partial charge in [0.1, 0.15) is 5.75 Å². The highest BCUT2D eigenvalue weighted by Crippen LogP contribution is 2.20. The van der Waals surface area contributed by atoms with Crippen LogP contribution >= 0.6 is 0 Å². The first-order chi connectivity index (χ1) is 8.82. The van der Waals surface area contributed by atoms with Crippen LogP contribution in [0.4, 0.5) is 0 Å². The fourth-order valence-electron chi connectivity index (χ4n) is 2.30. The molecule has 1 aromatic carbocycles. The molecule has 0 saturated carbocycles. The van der Waals surface area contributed by atoms with Crippen LogP contribution < -0.4 is 5.32 Å². The fraction of sp³-hybridized carbons (Fsp3) is 0.562. The minimum atomic E-state index is -0.124. The van der Waals surface area contributed by atoms with Crippen molar-refractivity contribution in [2.75, 3.05) is 6.54 Å². The molecule has 0 spiro atoms. The predicted molar refractivity (Wildman–Crippen MR) is 78.3 cm³/mol. The zero-order chi connectivity index (χ0) is 14.6. The molecule has 0 aliphatic carbocycles. The maximum absolute atomic E-state index is 12.0. The number of nitrogens with one attached hydrogen (secondary N) is 1. The van der Waals surface area contributed by atoms with Crippen LogP contribution in [-0.2, 0) is 0 Å². The Morgan fingerprint density at radius 2 is 1.79 bits per heavy atom. The van der Waals surface area contributed by atoms with E-state index in [0.717, 1.165) is 5.56 Å². The van der Waals surface area contributed by atoms with Gasteiger partial charge in [-0.15, -0.1) is 0 Å². The number of amides is 1. The highest BCUT2D eigenvalue weighted by molar-refractivity contribution is 5.94. The molecule has 0 fully saturated rings. The van der Waals surface area contributed by atoms with Gasteiger partial charge in [-0.3, -0.25) is 4.79 Å². The molecule has 106 valence electrons. The second kappa shape index (κ2) is 6.60. The summed E-state index contributed by atoms with van der Waals surface area (Å²) in [5.41, 5.74) is 1.29. The third-order valence-corrected chi connectivity index (χ3v) is 3.68. The summed E-state index contributed by atoms with van der Waals surface area (Å²) < 4.78 is 0. The van der Waals surface area contributed by atoms with E-state index >= 15 is 0 Å². The van der Waals surface area contributed by atoms with Gasteiger partial charge in [-0.1, -0.05) is 33.8 Å². The summed E-state index contributed by atoms with van der Waals surface area (Å²) in [6.07, 6.45) is 0. The molecule has 1 rings (SSSR count). The summed E-state index contributed by atoms with van der Waals surface area (Å²) in [6, 6.07) is 5.02. The second-order valence-corrected chi connectivity index (χ2v) is 5.86. The average Bonchev–Trinajstić information content (AvgIpc) is 2.31. The topological polar surface area (TPSA) is 49.3 Å². The van der Waals surface area contributed by atoms with Gasteiger partial charge in [0.05, 0.1) is 0 Å². The number of rotatable bonds is 5. The number of carbonyl (C=O) groups is 1. The number of phenols is 1. The standard InChI is InChI=1S/C16H25NO2/c1-10(2)14(11(3)4)9-17-16(19)13-7-6-12(5)15(18)8-13/h6-8,10-11,14,18H,9H2,1-5H3,(H,17,19). The van der Waals surface area contributed by atoms with Crippen molar-refractivity contribution in [1.29, 1.82) is 0 Å². The van der Waals surface area contributed by atoms with E-state index in [1.165, 1.54) is 6.07 Å². The molecule has 3 nitrogen and oxygen atoms in total. The maximum atomic E-state index is 12.0. The van der Waals surface area contributed by atoms with Gasteiger partial charge in [0.25, 0.3) is 5.91 Å². The lowest BCUT2D eigenvalue weighted by Gasteiger charge is -2.25. The molecule has 19 heavy (non-hydrogen) atoms. The van der Waals surface area contributed by atoms with Crippen LogP contribution in [-0.4, -0.2) is 17.6 Å². The van der Waals surface area contributed by atoms with Crippen molar-refractivity contribution in [2.24, 2.45) is 17.8 Å². The van der Waals surface area contributed by atoms with E-state index in [1.807, 2.05) is 6.92 Å². The minimum absolute atomic E-state index is 0.124. The molecule has 0 aliphatic heterocycles. The lowest BCUT2D eigenvalue weighted by atomic mass is 9.85. The molecule has 0 bridgehead atoms. The number of phenolic OH excluding ortho intramolecular Hbond substituents is 1. The van der Waals surface area contributed by atoms with Gasteiger partial charge in [-0.2, -0.15) is 0 Å². The van der Waals surface area contributed by atoms with Gasteiger partial charge >= 0.3 is 0 Å². The molecule has 0 atom stereocenters. The monoisotopic (exact) mass is 263 g/mol. The van der Waals surface area contributed by atoms with Crippen molar-refractivity contribution in [1.82, 2.24) is 5.32 Å². The number of benzene rings is 1. The summed E-state index contributed by atoms with van der Waals surface area (Å²) in [7, 11) is 0. The van der Waals surface area contributed by atoms with Crippen molar-refractivity contribution in [3.05, 3.63) is 29.3 Å². The number of hydrogen-bond acceptors (Lipinski definition) is 2. The van der Waals surface area contributed by atoms with E-state index in [4.69, 9.17) is 0 Å². The molecule has 0 radical (unpaired) electrons. The Morgan fingerprint density at radius 3 is 2.26 bits per heavy atom. The second-order valence-electron chi connectivity index (χ2n) is 5.86. The largest absolute Gasteiger partial charge is 0.508 e. The molecule has 2 N–H and O–H groups in total.